The van der Waals surface area contributed by atoms with Crippen molar-refractivity contribution in [1.82, 2.24) is 4.98 Å². The summed E-state index contributed by atoms with van der Waals surface area (Å²) in [7, 11) is 0. The monoisotopic (exact) mass is 354 g/mol. The minimum absolute atomic E-state index is 0.0316. The van der Waals surface area contributed by atoms with Crippen molar-refractivity contribution < 1.29 is 4.79 Å². The number of ketones is 1. The first-order valence-corrected chi connectivity index (χ1v) is 9.49. The Balaban J connectivity index is 1.82. The molecule has 27 heavy (non-hydrogen) atoms. The summed E-state index contributed by atoms with van der Waals surface area (Å²) in [6, 6.07) is 18.5. The lowest BCUT2D eigenvalue weighted by molar-refractivity contribution is -0.118. The smallest absolute Gasteiger partial charge is 0.162 e. The molecule has 2 aromatic carbocycles. The summed E-state index contributed by atoms with van der Waals surface area (Å²) >= 11 is 0. The summed E-state index contributed by atoms with van der Waals surface area (Å²) in [5.41, 5.74) is 6.45. The Labute approximate surface area is 159 Å². The van der Waals surface area contributed by atoms with Crippen LogP contribution in [0.2, 0.25) is 0 Å². The maximum atomic E-state index is 13.3. The minimum atomic E-state index is -0.0913. The summed E-state index contributed by atoms with van der Waals surface area (Å²) in [4.78, 5) is 17.8. The number of hydrogen-bond donors (Lipinski definition) is 1. The largest absolute Gasteiger partial charge is 0.373 e. The number of aromatic nitrogens is 1. The van der Waals surface area contributed by atoms with E-state index in [9.17, 15) is 4.79 Å². The number of benzene rings is 2. The van der Waals surface area contributed by atoms with Crippen LogP contribution in [0.3, 0.4) is 0 Å². The Kier molecular flexibility index (Phi) is 3.48. The SMILES string of the molecule is CC1(C)CC(=O)C2=C(C1)c1c(ccc3ncccc13)N[C@H]2c1ccccc1. The number of nitrogens with zero attached hydrogens (tertiary/aromatic N) is 1. The van der Waals surface area contributed by atoms with Crippen LogP contribution in [0.5, 0.6) is 0 Å². The molecule has 3 nitrogen and oxygen atoms in total. The normalized spacial score (nSPS) is 20.8. The molecule has 1 atom stereocenters. The van der Waals surface area contributed by atoms with Crippen molar-refractivity contribution in [3.63, 3.8) is 0 Å². The second-order valence-corrected chi connectivity index (χ2v) is 8.38. The molecule has 0 saturated carbocycles. The van der Waals surface area contributed by atoms with Gasteiger partial charge in [0.05, 0.1) is 11.6 Å². The van der Waals surface area contributed by atoms with E-state index in [1.807, 2.05) is 30.5 Å². The fraction of sp³-hybridized carbons (Fsp3) is 0.250. The molecule has 1 N–H and O–H groups in total. The van der Waals surface area contributed by atoms with Gasteiger partial charge < -0.3 is 5.32 Å². The first kappa shape index (κ1) is 16.2. The van der Waals surface area contributed by atoms with E-state index in [-0.39, 0.29) is 17.2 Å². The third-order valence-corrected chi connectivity index (χ3v) is 5.73. The lowest BCUT2D eigenvalue weighted by Gasteiger charge is -2.40. The molecule has 0 spiro atoms. The van der Waals surface area contributed by atoms with Gasteiger partial charge in [0.15, 0.2) is 5.78 Å². The van der Waals surface area contributed by atoms with Gasteiger partial charge in [-0.2, -0.15) is 0 Å². The van der Waals surface area contributed by atoms with Gasteiger partial charge in [-0.15, -0.1) is 0 Å². The number of rotatable bonds is 1. The van der Waals surface area contributed by atoms with E-state index in [0.29, 0.717) is 6.42 Å². The van der Waals surface area contributed by atoms with Gasteiger partial charge in [0.1, 0.15) is 0 Å². The summed E-state index contributed by atoms with van der Waals surface area (Å²) < 4.78 is 0. The third kappa shape index (κ3) is 2.57. The maximum absolute atomic E-state index is 13.3. The molecule has 1 aromatic heterocycles. The third-order valence-electron chi connectivity index (χ3n) is 5.73. The van der Waals surface area contributed by atoms with E-state index >= 15 is 0 Å². The maximum Gasteiger partial charge on any atom is 0.162 e. The predicted octanol–water partition coefficient (Wildman–Crippen LogP) is 5.54. The fourth-order valence-corrected chi connectivity index (χ4v) is 4.61. The molecule has 5 rings (SSSR count). The molecule has 0 radical (unpaired) electrons. The molecule has 0 fully saturated rings. The van der Waals surface area contributed by atoms with Crippen LogP contribution in [-0.2, 0) is 4.79 Å². The molecular weight excluding hydrogens is 332 g/mol. The van der Waals surface area contributed by atoms with Gasteiger partial charge in [-0.25, -0.2) is 0 Å². The highest BCUT2D eigenvalue weighted by Gasteiger charge is 2.40. The number of Topliss-reactive ketones (excluding diaryl/α,β-unsaturated/α-hetero) is 1. The van der Waals surface area contributed by atoms with E-state index in [1.165, 1.54) is 5.57 Å². The predicted molar refractivity (Wildman–Crippen MR) is 109 cm³/mol. The topological polar surface area (TPSA) is 42.0 Å². The van der Waals surface area contributed by atoms with Crippen molar-refractivity contribution in [1.29, 1.82) is 0 Å². The molecule has 0 bridgehead atoms. The summed E-state index contributed by atoms with van der Waals surface area (Å²) in [6.07, 6.45) is 3.32. The molecule has 0 unspecified atom stereocenters. The zero-order chi connectivity index (χ0) is 18.6. The van der Waals surface area contributed by atoms with Gasteiger partial charge >= 0.3 is 0 Å². The number of fused-ring (bicyclic) bond motifs is 4. The van der Waals surface area contributed by atoms with Gasteiger partial charge in [-0.05, 0) is 41.2 Å². The quantitative estimate of drug-likeness (QED) is 0.623. The van der Waals surface area contributed by atoms with Crippen LogP contribution in [0.25, 0.3) is 16.5 Å². The lowest BCUT2D eigenvalue weighted by Crippen LogP contribution is -2.33. The van der Waals surface area contributed by atoms with Crippen molar-refractivity contribution in [2.24, 2.45) is 5.41 Å². The van der Waals surface area contributed by atoms with Crippen LogP contribution < -0.4 is 5.32 Å². The van der Waals surface area contributed by atoms with Gasteiger partial charge in [-0.3, -0.25) is 9.78 Å². The zero-order valence-electron chi connectivity index (χ0n) is 15.6. The standard InChI is InChI=1S/C24H22N2O/c1-24(2)13-17-21-16-9-6-12-25-18(16)10-11-19(21)26-23(22(17)20(27)14-24)15-7-4-3-5-8-15/h3-12,23,26H,13-14H2,1-2H3/t23-/m0/s1. The number of nitrogens with one attached hydrogen (secondary N) is 1. The van der Waals surface area contributed by atoms with Crippen LogP contribution in [0.4, 0.5) is 5.69 Å². The Morgan fingerprint density at radius 1 is 1.00 bits per heavy atom. The number of carbonyl (C=O) groups is 1. The summed E-state index contributed by atoms with van der Waals surface area (Å²) in [5.74, 6) is 0.258. The number of allylic oxidation sites excluding steroid dienone is 1. The first-order chi connectivity index (χ1) is 13.0. The minimum Gasteiger partial charge on any atom is -0.373 e. The Morgan fingerprint density at radius 3 is 2.63 bits per heavy atom. The average molecular weight is 354 g/mol. The van der Waals surface area contributed by atoms with Crippen molar-refractivity contribution >= 4 is 27.9 Å². The molecule has 2 aliphatic rings. The average Bonchev–Trinajstić information content (AvgIpc) is 2.66. The van der Waals surface area contributed by atoms with E-state index in [0.717, 1.165) is 39.7 Å². The van der Waals surface area contributed by atoms with Crippen LogP contribution in [-0.4, -0.2) is 10.8 Å². The second-order valence-electron chi connectivity index (χ2n) is 8.38. The Morgan fingerprint density at radius 2 is 1.81 bits per heavy atom. The fourth-order valence-electron chi connectivity index (χ4n) is 4.61. The summed E-state index contributed by atoms with van der Waals surface area (Å²) in [6.45, 7) is 4.38. The van der Waals surface area contributed by atoms with E-state index in [1.54, 1.807) is 0 Å². The highest BCUT2D eigenvalue weighted by Crippen LogP contribution is 2.51. The van der Waals surface area contributed by atoms with Crippen molar-refractivity contribution in [2.75, 3.05) is 5.32 Å². The van der Waals surface area contributed by atoms with Gasteiger partial charge in [0, 0.05) is 34.8 Å². The van der Waals surface area contributed by atoms with E-state index in [2.05, 4.69) is 54.5 Å². The van der Waals surface area contributed by atoms with Crippen LogP contribution in [0, 0.1) is 5.41 Å². The van der Waals surface area contributed by atoms with Gasteiger partial charge in [0.25, 0.3) is 0 Å². The van der Waals surface area contributed by atoms with Gasteiger partial charge in [0.2, 0.25) is 0 Å². The highest BCUT2D eigenvalue weighted by atomic mass is 16.1. The van der Waals surface area contributed by atoms with Gasteiger partial charge in [-0.1, -0.05) is 50.2 Å². The number of pyridine rings is 1. The van der Waals surface area contributed by atoms with Crippen molar-refractivity contribution in [2.45, 2.75) is 32.7 Å². The van der Waals surface area contributed by atoms with Crippen molar-refractivity contribution in [3.8, 4) is 0 Å². The van der Waals surface area contributed by atoms with E-state index < -0.39 is 0 Å². The van der Waals surface area contributed by atoms with Crippen LogP contribution in [0.1, 0.15) is 43.9 Å². The molecule has 3 aromatic rings. The number of anilines is 1. The molecule has 134 valence electrons. The van der Waals surface area contributed by atoms with Crippen molar-refractivity contribution in [3.05, 3.63) is 77.5 Å². The molecule has 0 saturated heterocycles. The molecule has 3 heteroatoms. The molecule has 1 aliphatic heterocycles. The van der Waals surface area contributed by atoms with Crippen LogP contribution >= 0.6 is 0 Å². The number of hydrogen-bond acceptors (Lipinski definition) is 3. The second kappa shape index (κ2) is 5.78. The summed E-state index contributed by atoms with van der Waals surface area (Å²) in [5, 5.41) is 4.77. The highest BCUT2D eigenvalue weighted by molar-refractivity contribution is 6.12. The molecular formula is C24H22N2O. The first-order valence-electron chi connectivity index (χ1n) is 9.49. The lowest BCUT2D eigenvalue weighted by atomic mass is 9.68. The van der Waals surface area contributed by atoms with Crippen LogP contribution in [0.15, 0.2) is 66.4 Å². The van der Waals surface area contributed by atoms with E-state index in [4.69, 9.17) is 0 Å². The number of carbonyl (C=O) groups excluding carboxylic acids is 1. The Hall–Kier alpha value is -2.94. The molecule has 0 amide bonds. The Bertz CT molecular complexity index is 1100. The zero-order valence-corrected chi connectivity index (χ0v) is 15.6. The molecule has 1 aliphatic carbocycles. The molecule has 2 heterocycles.